The van der Waals surface area contributed by atoms with Crippen LogP contribution in [0.15, 0.2) is 66.0 Å². The molecule has 0 bridgehead atoms. The van der Waals surface area contributed by atoms with Gasteiger partial charge < -0.3 is 20.5 Å². The van der Waals surface area contributed by atoms with E-state index in [9.17, 15) is 19.5 Å². The average molecular weight is 479 g/mol. The fourth-order valence-corrected chi connectivity index (χ4v) is 4.95. The second-order valence-electron chi connectivity index (χ2n) is 8.71. The van der Waals surface area contributed by atoms with E-state index >= 15 is 0 Å². The Hall–Kier alpha value is -3.65. The summed E-state index contributed by atoms with van der Waals surface area (Å²) < 4.78 is 5.55. The molecule has 0 radical (unpaired) electrons. The van der Waals surface area contributed by atoms with Crippen LogP contribution in [0, 0.1) is 0 Å². The third-order valence-corrected chi connectivity index (χ3v) is 6.88. The average Bonchev–Trinajstić information content (AvgIpc) is 3.43. The lowest BCUT2D eigenvalue weighted by atomic mass is 9.98. The Kier molecular flexibility index (Phi) is 6.70. The smallest absolute Gasteiger partial charge is 0.408 e. The van der Waals surface area contributed by atoms with Gasteiger partial charge in [-0.15, -0.1) is 11.3 Å². The summed E-state index contributed by atoms with van der Waals surface area (Å²) in [7, 11) is 0. The van der Waals surface area contributed by atoms with Crippen molar-refractivity contribution in [3.05, 3.63) is 82.0 Å². The molecule has 1 heterocycles. The Balaban J connectivity index is 1.39. The van der Waals surface area contributed by atoms with Crippen LogP contribution in [0.4, 0.5) is 4.79 Å². The molecule has 34 heavy (non-hydrogen) atoms. The van der Waals surface area contributed by atoms with Gasteiger partial charge in [0, 0.05) is 10.8 Å². The van der Waals surface area contributed by atoms with Crippen LogP contribution in [0.2, 0.25) is 0 Å². The van der Waals surface area contributed by atoms with Crippen molar-refractivity contribution in [1.29, 1.82) is 0 Å². The number of ether oxygens (including phenoxy) is 1. The Morgan fingerprint density at radius 3 is 2.18 bits per heavy atom. The maximum atomic E-state index is 12.9. The molecular formula is C26H26N2O5S. The summed E-state index contributed by atoms with van der Waals surface area (Å²) in [6.07, 6.45) is -0.972. The number of hydrogen-bond donors (Lipinski definition) is 3. The van der Waals surface area contributed by atoms with E-state index in [2.05, 4.69) is 22.8 Å². The first kappa shape index (κ1) is 23.5. The van der Waals surface area contributed by atoms with Crippen LogP contribution >= 0.6 is 11.3 Å². The summed E-state index contributed by atoms with van der Waals surface area (Å²) in [6.45, 7) is 3.24. The van der Waals surface area contributed by atoms with Gasteiger partial charge in [-0.25, -0.2) is 4.79 Å². The first-order valence-corrected chi connectivity index (χ1v) is 11.8. The molecule has 1 unspecified atom stereocenters. The van der Waals surface area contributed by atoms with Crippen molar-refractivity contribution in [2.75, 3.05) is 6.61 Å². The summed E-state index contributed by atoms with van der Waals surface area (Å²) in [5.74, 6) is -1.62. The fraction of sp³-hybridized carbons (Fsp3) is 0.269. The lowest BCUT2D eigenvalue weighted by molar-refractivity contribution is -0.138. The number of aliphatic carboxylic acids is 1. The van der Waals surface area contributed by atoms with E-state index in [1.807, 2.05) is 41.8 Å². The third kappa shape index (κ3) is 4.97. The highest BCUT2D eigenvalue weighted by molar-refractivity contribution is 7.10. The molecule has 3 N–H and O–H groups in total. The van der Waals surface area contributed by atoms with Crippen LogP contribution < -0.4 is 10.6 Å². The molecule has 0 saturated carbocycles. The molecular weight excluding hydrogens is 452 g/mol. The number of carbonyl (C=O) groups excluding carboxylic acids is 2. The highest BCUT2D eigenvalue weighted by Gasteiger charge is 2.34. The molecule has 1 aliphatic carbocycles. The molecule has 0 fully saturated rings. The first-order chi connectivity index (χ1) is 16.3. The Bertz CT molecular complexity index is 1160. The second kappa shape index (κ2) is 9.69. The predicted octanol–water partition coefficient (Wildman–Crippen LogP) is 4.70. The maximum Gasteiger partial charge on any atom is 0.408 e. The maximum absolute atomic E-state index is 12.9. The van der Waals surface area contributed by atoms with E-state index in [1.54, 1.807) is 26.0 Å². The van der Waals surface area contributed by atoms with E-state index in [-0.39, 0.29) is 18.9 Å². The van der Waals surface area contributed by atoms with Crippen LogP contribution in [-0.4, -0.2) is 35.2 Å². The molecule has 176 valence electrons. The number of rotatable bonds is 8. The zero-order valence-electron chi connectivity index (χ0n) is 18.9. The molecule has 0 saturated heterocycles. The van der Waals surface area contributed by atoms with Crippen LogP contribution in [0.3, 0.4) is 0 Å². The molecule has 3 aromatic rings. The number of benzene rings is 2. The van der Waals surface area contributed by atoms with Gasteiger partial charge in [0.15, 0.2) is 0 Å². The zero-order chi connectivity index (χ0) is 24.3. The second-order valence-corrected chi connectivity index (χ2v) is 9.69. The van der Waals surface area contributed by atoms with Gasteiger partial charge in [-0.3, -0.25) is 9.59 Å². The minimum absolute atomic E-state index is 0.0890. The number of thiophene rings is 1. The normalized spacial score (nSPS) is 13.5. The van der Waals surface area contributed by atoms with E-state index in [0.717, 1.165) is 27.1 Å². The van der Waals surface area contributed by atoms with E-state index in [0.29, 0.717) is 0 Å². The van der Waals surface area contributed by atoms with Gasteiger partial charge in [-0.2, -0.15) is 0 Å². The predicted molar refractivity (Wildman–Crippen MR) is 130 cm³/mol. The number of fused-ring (bicyclic) bond motifs is 3. The van der Waals surface area contributed by atoms with Gasteiger partial charge in [-0.1, -0.05) is 54.6 Å². The number of nitrogens with one attached hydrogen (secondary N) is 2. The van der Waals surface area contributed by atoms with Crippen molar-refractivity contribution in [2.24, 2.45) is 0 Å². The number of carboxylic acids is 1. The van der Waals surface area contributed by atoms with E-state index in [4.69, 9.17) is 4.74 Å². The van der Waals surface area contributed by atoms with Gasteiger partial charge in [0.05, 0.1) is 12.5 Å². The van der Waals surface area contributed by atoms with Gasteiger partial charge in [-0.05, 0) is 47.5 Å². The Morgan fingerprint density at radius 1 is 1.00 bits per heavy atom. The van der Waals surface area contributed by atoms with Crippen LogP contribution in [0.1, 0.15) is 48.2 Å². The molecule has 0 spiro atoms. The van der Waals surface area contributed by atoms with Crippen molar-refractivity contribution < 1.29 is 24.2 Å². The zero-order valence-corrected chi connectivity index (χ0v) is 19.7. The van der Waals surface area contributed by atoms with Crippen LogP contribution in [0.25, 0.3) is 11.1 Å². The SMILES string of the molecule is CC(C)(NC(=O)OCC1c2ccccc2-c2ccccc21)C(=O)NC(CC(=O)O)c1cccs1. The van der Waals surface area contributed by atoms with Crippen molar-refractivity contribution >= 4 is 29.3 Å². The van der Waals surface area contributed by atoms with Gasteiger partial charge in [0.2, 0.25) is 5.91 Å². The van der Waals surface area contributed by atoms with Crippen molar-refractivity contribution in [2.45, 2.75) is 37.8 Å². The highest BCUT2D eigenvalue weighted by Crippen LogP contribution is 2.44. The number of hydrogen-bond acceptors (Lipinski definition) is 5. The number of carboxylic acid groups (broad SMARTS) is 1. The summed E-state index contributed by atoms with van der Waals surface area (Å²) in [5.41, 5.74) is 3.15. The third-order valence-electron chi connectivity index (χ3n) is 5.90. The van der Waals surface area contributed by atoms with Crippen molar-refractivity contribution in [1.82, 2.24) is 10.6 Å². The molecule has 1 atom stereocenters. The first-order valence-electron chi connectivity index (χ1n) is 11.0. The molecule has 7 nitrogen and oxygen atoms in total. The number of amides is 2. The molecule has 2 amide bonds. The Labute approximate surface area is 201 Å². The lowest BCUT2D eigenvalue weighted by Crippen LogP contribution is -2.55. The van der Waals surface area contributed by atoms with Crippen molar-refractivity contribution in [3.8, 4) is 11.1 Å². The van der Waals surface area contributed by atoms with E-state index in [1.165, 1.54) is 11.3 Å². The van der Waals surface area contributed by atoms with Gasteiger partial charge in [0.1, 0.15) is 12.1 Å². The molecule has 1 aromatic heterocycles. The summed E-state index contributed by atoms with van der Waals surface area (Å²) in [5, 5.41) is 16.4. The quantitative estimate of drug-likeness (QED) is 0.435. The molecule has 4 rings (SSSR count). The van der Waals surface area contributed by atoms with Crippen LogP contribution in [0.5, 0.6) is 0 Å². The number of alkyl carbamates (subject to hydrolysis) is 1. The summed E-state index contributed by atoms with van der Waals surface area (Å²) in [4.78, 5) is 37.5. The molecule has 2 aromatic carbocycles. The minimum atomic E-state index is -1.31. The Morgan fingerprint density at radius 2 is 1.62 bits per heavy atom. The lowest BCUT2D eigenvalue weighted by Gasteiger charge is -2.27. The van der Waals surface area contributed by atoms with Gasteiger partial charge >= 0.3 is 12.1 Å². The van der Waals surface area contributed by atoms with Gasteiger partial charge in [0.25, 0.3) is 0 Å². The van der Waals surface area contributed by atoms with Crippen LogP contribution in [-0.2, 0) is 14.3 Å². The molecule has 1 aliphatic rings. The number of carbonyl (C=O) groups is 3. The summed E-state index contributed by atoms with van der Waals surface area (Å²) in [6, 6.07) is 19.0. The van der Waals surface area contributed by atoms with E-state index < -0.39 is 29.6 Å². The minimum Gasteiger partial charge on any atom is -0.481 e. The summed E-state index contributed by atoms with van der Waals surface area (Å²) >= 11 is 1.36. The molecule has 0 aliphatic heterocycles. The standard InChI is InChI=1S/C26H26N2O5S/c1-26(2,24(31)27-21(14-23(29)30)22-12-7-13-34-22)28-25(32)33-15-20-18-10-5-3-8-16(18)17-9-4-6-11-19(17)20/h3-13,20-21H,14-15H2,1-2H3,(H,27,31)(H,28,32)(H,29,30). The fourth-order valence-electron chi connectivity index (χ4n) is 4.17. The molecule has 8 heteroatoms. The van der Waals surface area contributed by atoms with Crippen molar-refractivity contribution in [3.63, 3.8) is 0 Å². The highest BCUT2D eigenvalue weighted by atomic mass is 32.1. The largest absolute Gasteiger partial charge is 0.481 e. The topological polar surface area (TPSA) is 105 Å². The monoisotopic (exact) mass is 478 g/mol.